The van der Waals surface area contributed by atoms with Gasteiger partial charge in [-0.3, -0.25) is 4.79 Å². The highest BCUT2D eigenvalue weighted by atomic mass is 35.5. The number of esters is 1. The molecule has 1 saturated carbocycles. The molecular weight excluding hydrogens is 242 g/mol. The number of hydrogen-bond donors (Lipinski definition) is 0. The number of carbonyl (C=O) groups excluding carboxylic acids is 2. The Morgan fingerprint density at radius 2 is 1.94 bits per heavy atom. The molecule has 96 valence electrons. The summed E-state index contributed by atoms with van der Waals surface area (Å²) >= 11 is 5.60. The number of ether oxygens (including phenoxy) is 1. The Bertz CT molecular complexity index is 313. The fourth-order valence-electron chi connectivity index (χ4n) is 3.00. The molecule has 0 radical (unpaired) electrons. The van der Waals surface area contributed by atoms with E-state index in [0.29, 0.717) is 6.61 Å². The van der Waals surface area contributed by atoms with Gasteiger partial charge in [0.15, 0.2) is 0 Å². The average molecular weight is 260 g/mol. The first kappa shape index (κ1) is 12.7. The van der Waals surface area contributed by atoms with E-state index in [2.05, 4.69) is 0 Å². The van der Waals surface area contributed by atoms with Crippen molar-refractivity contribution >= 4 is 22.9 Å². The lowest BCUT2D eigenvalue weighted by atomic mass is 9.75. The van der Waals surface area contributed by atoms with Crippen molar-refractivity contribution in [3.63, 3.8) is 0 Å². The van der Waals surface area contributed by atoms with Gasteiger partial charge in [0.25, 0.3) is 0 Å². The molecule has 2 heterocycles. The molecular formula is C12H18ClNO3. The van der Waals surface area contributed by atoms with Gasteiger partial charge in [-0.1, -0.05) is 6.92 Å². The highest BCUT2D eigenvalue weighted by molar-refractivity contribution is 6.63. The van der Waals surface area contributed by atoms with E-state index in [1.807, 2.05) is 6.92 Å². The van der Waals surface area contributed by atoms with Gasteiger partial charge in [0, 0.05) is 6.04 Å². The minimum Gasteiger partial charge on any atom is -0.464 e. The zero-order valence-corrected chi connectivity index (χ0v) is 10.8. The summed E-state index contributed by atoms with van der Waals surface area (Å²) in [6.45, 7) is 2.36. The van der Waals surface area contributed by atoms with E-state index in [1.54, 1.807) is 0 Å². The van der Waals surface area contributed by atoms with Crippen LogP contribution in [0.15, 0.2) is 0 Å². The quantitative estimate of drug-likeness (QED) is 0.445. The van der Waals surface area contributed by atoms with Crippen molar-refractivity contribution < 1.29 is 14.3 Å². The van der Waals surface area contributed by atoms with Crippen LogP contribution < -0.4 is 0 Å². The fraction of sp³-hybridized carbons (Fsp3) is 0.833. The van der Waals surface area contributed by atoms with Crippen molar-refractivity contribution in [2.24, 2.45) is 5.92 Å². The van der Waals surface area contributed by atoms with Crippen LogP contribution in [-0.4, -0.2) is 34.9 Å². The minimum absolute atomic E-state index is 0.129. The van der Waals surface area contributed by atoms with Crippen molar-refractivity contribution in [2.45, 2.75) is 51.1 Å². The zero-order valence-electron chi connectivity index (χ0n) is 10.0. The highest BCUT2D eigenvalue weighted by Crippen LogP contribution is 2.40. The van der Waals surface area contributed by atoms with Crippen molar-refractivity contribution in [1.82, 2.24) is 4.90 Å². The van der Waals surface area contributed by atoms with Crippen LogP contribution in [0.3, 0.4) is 0 Å². The van der Waals surface area contributed by atoms with Gasteiger partial charge >= 0.3 is 11.3 Å². The summed E-state index contributed by atoms with van der Waals surface area (Å²) in [5.41, 5.74) is 0. The number of amides is 1. The second-order valence-corrected chi connectivity index (χ2v) is 5.16. The maximum Gasteiger partial charge on any atom is 0.329 e. The molecule has 0 spiro atoms. The Hall–Kier alpha value is -0.770. The first-order valence-electron chi connectivity index (χ1n) is 6.29. The predicted octanol–water partition coefficient (Wildman–Crippen LogP) is 2.54. The number of hydrogen-bond acceptors (Lipinski definition) is 3. The molecule has 0 N–H and O–H groups in total. The van der Waals surface area contributed by atoms with Crippen LogP contribution in [0.2, 0.25) is 0 Å². The summed E-state index contributed by atoms with van der Waals surface area (Å²) in [6, 6.07) is -0.316. The van der Waals surface area contributed by atoms with E-state index in [4.69, 9.17) is 16.3 Å². The monoisotopic (exact) mass is 259 g/mol. The molecule has 2 aliphatic heterocycles. The molecule has 0 aromatic rings. The third-order valence-electron chi connectivity index (χ3n) is 3.77. The fourth-order valence-corrected chi connectivity index (χ4v) is 3.24. The predicted molar refractivity (Wildman–Crippen MR) is 63.9 cm³/mol. The number of piperidine rings is 2. The summed E-state index contributed by atoms with van der Waals surface area (Å²) < 4.78 is 5.17. The number of nitrogens with zero attached hydrogens (tertiary/aromatic N) is 1. The summed E-state index contributed by atoms with van der Waals surface area (Å²) in [4.78, 5) is 25.0. The Kier molecular flexibility index (Phi) is 3.92. The lowest BCUT2D eigenvalue weighted by Crippen LogP contribution is -2.59. The second kappa shape index (κ2) is 5.25. The topological polar surface area (TPSA) is 46.6 Å². The first-order chi connectivity index (χ1) is 8.15. The number of fused-ring (bicyclic) bond motifs is 3. The van der Waals surface area contributed by atoms with Crippen LogP contribution in [0.1, 0.15) is 39.0 Å². The van der Waals surface area contributed by atoms with Gasteiger partial charge in [-0.25, -0.2) is 4.79 Å². The molecule has 0 aromatic carbocycles. The molecule has 5 heteroatoms. The molecule has 3 aliphatic rings. The second-order valence-electron chi connectivity index (χ2n) is 4.84. The van der Waals surface area contributed by atoms with Crippen LogP contribution in [0, 0.1) is 5.92 Å². The van der Waals surface area contributed by atoms with Crippen LogP contribution in [0.25, 0.3) is 0 Å². The van der Waals surface area contributed by atoms with Crippen molar-refractivity contribution in [2.75, 3.05) is 6.61 Å². The third-order valence-corrected chi connectivity index (χ3v) is 3.97. The van der Waals surface area contributed by atoms with Gasteiger partial charge in [0.05, 0.1) is 6.61 Å². The van der Waals surface area contributed by atoms with Crippen molar-refractivity contribution in [3.05, 3.63) is 0 Å². The molecule has 1 aliphatic carbocycles. The summed E-state index contributed by atoms with van der Waals surface area (Å²) in [6.07, 6.45) is 4.71. The molecule has 3 fully saturated rings. The Morgan fingerprint density at radius 3 is 2.47 bits per heavy atom. The Balaban J connectivity index is 2.11. The van der Waals surface area contributed by atoms with E-state index in [9.17, 15) is 9.59 Å². The highest BCUT2D eigenvalue weighted by Gasteiger charge is 2.47. The largest absolute Gasteiger partial charge is 0.464 e. The molecule has 3 rings (SSSR count). The number of carbonyl (C=O) groups is 2. The molecule has 17 heavy (non-hydrogen) atoms. The normalized spacial score (nSPS) is 31.4. The maximum atomic E-state index is 12.0. The first-order valence-corrected chi connectivity index (χ1v) is 6.67. The van der Waals surface area contributed by atoms with Crippen molar-refractivity contribution in [3.8, 4) is 0 Å². The van der Waals surface area contributed by atoms with Gasteiger partial charge in [0.1, 0.15) is 6.04 Å². The molecule has 2 bridgehead atoms. The van der Waals surface area contributed by atoms with Gasteiger partial charge < -0.3 is 9.64 Å². The van der Waals surface area contributed by atoms with E-state index < -0.39 is 11.4 Å². The smallest absolute Gasteiger partial charge is 0.329 e. The molecule has 1 atom stereocenters. The Morgan fingerprint density at radius 1 is 1.29 bits per heavy atom. The number of halogens is 1. The minimum atomic E-state index is -0.516. The summed E-state index contributed by atoms with van der Waals surface area (Å²) in [5.74, 6) is -0.0534. The maximum absolute atomic E-state index is 12.0. The van der Waals surface area contributed by atoms with E-state index in [-0.39, 0.29) is 17.9 Å². The SMILES string of the molecule is CCCOC(=O)C1C2CCC(CC2)N1C(=O)Cl. The Labute approximate surface area is 106 Å². The van der Waals surface area contributed by atoms with Gasteiger partial charge in [-0.2, -0.15) is 0 Å². The van der Waals surface area contributed by atoms with E-state index in [1.165, 1.54) is 4.90 Å². The standard InChI is InChI=1S/C12H18ClNO3/c1-2-7-17-11(15)10-8-3-5-9(6-4-8)14(10)12(13)16/h8-10H,2-7H2,1H3. The average Bonchev–Trinajstić information content (AvgIpc) is 2.36. The van der Waals surface area contributed by atoms with Crippen molar-refractivity contribution in [1.29, 1.82) is 0 Å². The van der Waals surface area contributed by atoms with Crippen LogP contribution in [0.5, 0.6) is 0 Å². The zero-order chi connectivity index (χ0) is 12.4. The summed E-state index contributed by atoms with van der Waals surface area (Å²) in [5, 5.41) is -0.516. The summed E-state index contributed by atoms with van der Waals surface area (Å²) in [7, 11) is 0. The molecule has 0 aromatic heterocycles. The van der Waals surface area contributed by atoms with Crippen LogP contribution >= 0.6 is 11.6 Å². The third kappa shape index (κ3) is 2.41. The van der Waals surface area contributed by atoms with Gasteiger partial charge in [-0.15, -0.1) is 0 Å². The number of rotatable bonds is 3. The van der Waals surface area contributed by atoms with Crippen LogP contribution in [-0.2, 0) is 9.53 Å². The van der Waals surface area contributed by atoms with E-state index in [0.717, 1.165) is 32.1 Å². The van der Waals surface area contributed by atoms with E-state index >= 15 is 0 Å². The molecule has 1 unspecified atom stereocenters. The van der Waals surface area contributed by atoms with Gasteiger partial charge in [-0.05, 0) is 49.6 Å². The molecule has 4 nitrogen and oxygen atoms in total. The lowest BCUT2D eigenvalue weighted by molar-refractivity contribution is -0.156. The lowest BCUT2D eigenvalue weighted by Gasteiger charge is -2.48. The molecule has 1 amide bonds. The van der Waals surface area contributed by atoms with Crippen LogP contribution in [0.4, 0.5) is 4.79 Å². The van der Waals surface area contributed by atoms with Gasteiger partial charge in [0.2, 0.25) is 0 Å². The molecule has 2 saturated heterocycles.